The number of hydrogen-bond donors (Lipinski definition) is 1. The number of hydrogen-bond acceptors (Lipinski definition) is 3. The molecule has 1 aliphatic rings. The minimum absolute atomic E-state index is 0.0620. The van der Waals surface area contributed by atoms with Gasteiger partial charge in [-0.15, -0.1) is 0 Å². The molecule has 1 atom stereocenters. The minimum Gasteiger partial charge on any atom is -0.338 e. The Bertz CT molecular complexity index is 860. The first-order chi connectivity index (χ1) is 12.8. The van der Waals surface area contributed by atoms with E-state index in [0.717, 1.165) is 38.0 Å². The number of aromatic nitrogens is 3. The van der Waals surface area contributed by atoms with Gasteiger partial charge in [0.25, 0.3) is 5.91 Å². The third-order valence-corrected chi connectivity index (χ3v) is 5.01. The van der Waals surface area contributed by atoms with Gasteiger partial charge in [-0.3, -0.25) is 14.9 Å². The van der Waals surface area contributed by atoms with E-state index in [0.29, 0.717) is 11.5 Å². The molecule has 26 heavy (non-hydrogen) atoms. The van der Waals surface area contributed by atoms with Crippen LogP contribution in [0.15, 0.2) is 61.1 Å². The lowest BCUT2D eigenvalue weighted by molar-refractivity contribution is 0.0705. The molecule has 1 aromatic carbocycles. The Morgan fingerprint density at radius 3 is 2.85 bits per heavy atom. The van der Waals surface area contributed by atoms with Crippen molar-refractivity contribution in [3.8, 4) is 0 Å². The number of H-pyrrole nitrogens is 1. The number of piperidine rings is 1. The highest BCUT2D eigenvalue weighted by molar-refractivity contribution is 5.94. The summed E-state index contributed by atoms with van der Waals surface area (Å²) in [5.74, 6) is 0.359. The van der Waals surface area contributed by atoms with Crippen molar-refractivity contribution in [1.29, 1.82) is 0 Å². The Balaban J connectivity index is 1.50. The molecule has 0 aliphatic carbocycles. The molecular formula is C21H22N4O. The fraction of sp³-hybridized carbons (Fsp3) is 0.286. The van der Waals surface area contributed by atoms with Crippen LogP contribution in [0.25, 0.3) is 0 Å². The summed E-state index contributed by atoms with van der Waals surface area (Å²) in [5.41, 5.74) is 4.31. The van der Waals surface area contributed by atoms with E-state index in [1.165, 1.54) is 11.1 Å². The summed E-state index contributed by atoms with van der Waals surface area (Å²) in [6.45, 7) is 1.52. The average molecular weight is 346 g/mol. The Morgan fingerprint density at radius 1 is 1.15 bits per heavy atom. The third-order valence-electron chi connectivity index (χ3n) is 5.01. The van der Waals surface area contributed by atoms with E-state index in [1.54, 1.807) is 12.4 Å². The van der Waals surface area contributed by atoms with Crippen molar-refractivity contribution < 1.29 is 4.79 Å². The lowest BCUT2D eigenvalue weighted by Crippen LogP contribution is -2.39. The van der Waals surface area contributed by atoms with Gasteiger partial charge < -0.3 is 4.90 Å². The van der Waals surface area contributed by atoms with Crippen molar-refractivity contribution in [2.75, 3.05) is 13.1 Å². The van der Waals surface area contributed by atoms with Crippen LogP contribution in [0.1, 0.15) is 45.9 Å². The molecule has 1 fully saturated rings. The zero-order valence-corrected chi connectivity index (χ0v) is 14.6. The van der Waals surface area contributed by atoms with E-state index in [1.807, 2.05) is 29.3 Å². The number of carbonyl (C=O) groups is 1. The second-order valence-corrected chi connectivity index (χ2v) is 6.80. The summed E-state index contributed by atoms with van der Waals surface area (Å²) in [6.07, 6.45) is 8.18. The van der Waals surface area contributed by atoms with Gasteiger partial charge in [0.05, 0.1) is 11.8 Å². The smallest absolute Gasteiger partial charge is 0.255 e. The molecule has 0 spiro atoms. The van der Waals surface area contributed by atoms with E-state index < -0.39 is 0 Å². The predicted octanol–water partition coefficient (Wildman–Crippen LogP) is 3.42. The van der Waals surface area contributed by atoms with Crippen LogP contribution in [-0.4, -0.2) is 39.1 Å². The van der Waals surface area contributed by atoms with Crippen molar-refractivity contribution in [1.82, 2.24) is 20.1 Å². The normalized spacial score (nSPS) is 17.2. The van der Waals surface area contributed by atoms with Crippen LogP contribution in [0.3, 0.4) is 0 Å². The molecule has 0 saturated carbocycles. The predicted molar refractivity (Wildman–Crippen MR) is 100.0 cm³/mol. The van der Waals surface area contributed by atoms with E-state index in [9.17, 15) is 4.79 Å². The van der Waals surface area contributed by atoms with Gasteiger partial charge in [-0.25, -0.2) is 0 Å². The maximum atomic E-state index is 12.8. The maximum Gasteiger partial charge on any atom is 0.255 e. The molecule has 0 bridgehead atoms. The SMILES string of the molecule is O=C(c1cccnc1)N1CCC[C@H](c2[nH]ncc2Cc2ccccc2)C1. The number of amides is 1. The van der Waals surface area contributed by atoms with Crippen LogP contribution in [-0.2, 0) is 6.42 Å². The Labute approximate surface area is 153 Å². The molecule has 132 valence electrons. The number of nitrogens with one attached hydrogen (secondary N) is 1. The molecule has 1 aliphatic heterocycles. The lowest BCUT2D eigenvalue weighted by atomic mass is 9.90. The van der Waals surface area contributed by atoms with Gasteiger partial charge in [0.2, 0.25) is 0 Å². The second kappa shape index (κ2) is 7.52. The van der Waals surface area contributed by atoms with Crippen molar-refractivity contribution >= 4 is 5.91 Å². The zero-order valence-electron chi connectivity index (χ0n) is 14.6. The summed E-state index contributed by atoms with van der Waals surface area (Å²) in [6, 6.07) is 14.1. The first-order valence-corrected chi connectivity index (χ1v) is 9.06. The van der Waals surface area contributed by atoms with Gasteiger partial charge in [-0.05, 0) is 36.1 Å². The summed E-state index contributed by atoms with van der Waals surface area (Å²) in [7, 11) is 0. The fourth-order valence-electron chi connectivity index (χ4n) is 3.70. The topological polar surface area (TPSA) is 61.9 Å². The van der Waals surface area contributed by atoms with Crippen LogP contribution in [0, 0.1) is 0 Å². The monoisotopic (exact) mass is 346 g/mol. The highest BCUT2D eigenvalue weighted by Crippen LogP contribution is 2.29. The molecule has 5 heteroatoms. The Morgan fingerprint density at radius 2 is 2.04 bits per heavy atom. The molecule has 1 N–H and O–H groups in total. The number of pyridine rings is 1. The second-order valence-electron chi connectivity index (χ2n) is 6.80. The van der Waals surface area contributed by atoms with E-state index in [-0.39, 0.29) is 5.91 Å². The zero-order chi connectivity index (χ0) is 17.8. The van der Waals surface area contributed by atoms with Crippen LogP contribution in [0.5, 0.6) is 0 Å². The molecule has 5 nitrogen and oxygen atoms in total. The molecule has 1 saturated heterocycles. The molecule has 0 unspecified atom stereocenters. The van der Waals surface area contributed by atoms with Crippen molar-refractivity contribution in [2.45, 2.75) is 25.2 Å². The molecule has 3 heterocycles. The van der Waals surface area contributed by atoms with Crippen molar-refractivity contribution in [3.05, 3.63) is 83.4 Å². The van der Waals surface area contributed by atoms with Gasteiger partial charge >= 0.3 is 0 Å². The van der Waals surface area contributed by atoms with Crippen LogP contribution >= 0.6 is 0 Å². The highest BCUT2D eigenvalue weighted by Gasteiger charge is 2.28. The summed E-state index contributed by atoms with van der Waals surface area (Å²) >= 11 is 0. The first kappa shape index (κ1) is 16.5. The minimum atomic E-state index is 0.0620. The number of aromatic amines is 1. The maximum absolute atomic E-state index is 12.8. The Hall–Kier alpha value is -2.95. The van der Waals surface area contributed by atoms with E-state index in [4.69, 9.17) is 0 Å². The third kappa shape index (κ3) is 3.52. The van der Waals surface area contributed by atoms with Gasteiger partial charge in [-0.1, -0.05) is 30.3 Å². The number of carbonyl (C=O) groups excluding carboxylic acids is 1. The quantitative estimate of drug-likeness (QED) is 0.787. The Kier molecular flexibility index (Phi) is 4.78. The number of benzene rings is 1. The van der Waals surface area contributed by atoms with Gasteiger partial charge in [0.1, 0.15) is 0 Å². The van der Waals surface area contributed by atoms with Gasteiger partial charge in [0.15, 0.2) is 0 Å². The molecule has 1 amide bonds. The molecule has 3 aromatic rings. The summed E-state index contributed by atoms with van der Waals surface area (Å²) in [4.78, 5) is 18.8. The van der Waals surface area contributed by atoms with Crippen molar-refractivity contribution in [2.24, 2.45) is 0 Å². The first-order valence-electron chi connectivity index (χ1n) is 9.06. The fourth-order valence-corrected chi connectivity index (χ4v) is 3.70. The molecule has 4 rings (SSSR count). The van der Waals surface area contributed by atoms with Crippen molar-refractivity contribution in [3.63, 3.8) is 0 Å². The number of rotatable bonds is 4. The standard InChI is InChI=1S/C21H22N4O/c26-21(17-8-4-10-22-13-17)25-11-5-9-18(15-25)20-19(14-23-24-20)12-16-6-2-1-3-7-16/h1-4,6-8,10,13-14,18H,5,9,11-12,15H2,(H,23,24)/t18-/m0/s1. The van der Waals surface area contributed by atoms with E-state index in [2.05, 4.69) is 39.4 Å². The molecular weight excluding hydrogens is 324 g/mol. The molecule has 2 aromatic heterocycles. The summed E-state index contributed by atoms with van der Waals surface area (Å²) in [5, 5.41) is 7.48. The number of likely N-dealkylation sites (tertiary alicyclic amines) is 1. The van der Waals surface area contributed by atoms with Crippen LogP contribution in [0.2, 0.25) is 0 Å². The van der Waals surface area contributed by atoms with E-state index >= 15 is 0 Å². The number of nitrogens with zero attached hydrogens (tertiary/aromatic N) is 3. The largest absolute Gasteiger partial charge is 0.338 e. The summed E-state index contributed by atoms with van der Waals surface area (Å²) < 4.78 is 0. The van der Waals surface area contributed by atoms with Crippen LogP contribution in [0.4, 0.5) is 0 Å². The highest BCUT2D eigenvalue weighted by atomic mass is 16.2. The van der Waals surface area contributed by atoms with Crippen LogP contribution < -0.4 is 0 Å². The average Bonchev–Trinajstić information content (AvgIpc) is 3.17. The van der Waals surface area contributed by atoms with Gasteiger partial charge in [0, 0.05) is 43.5 Å². The molecule has 0 radical (unpaired) electrons. The lowest BCUT2D eigenvalue weighted by Gasteiger charge is -2.32. The van der Waals surface area contributed by atoms with Gasteiger partial charge in [-0.2, -0.15) is 5.10 Å².